The van der Waals surface area contributed by atoms with Crippen molar-refractivity contribution < 1.29 is 64.2 Å². The van der Waals surface area contributed by atoms with E-state index in [-0.39, 0.29) is 45.8 Å². The van der Waals surface area contributed by atoms with Gasteiger partial charge in [0.05, 0.1) is 37.6 Å². The van der Waals surface area contributed by atoms with Crippen molar-refractivity contribution in [3.8, 4) is 34.3 Å². The lowest BCUT2D eigenvalue weighted by molar-refractivity contribution is -0.277. The smallest absolute Gasteiger partial charge is 0.229 e. The molecule has 0 amide bonds. The number of benzene rings is 2. The Labute approximate surface area is 238 Å². The van der Waals surface area contributed by atoms with Crippen molar-refractivity contribution in [2.45, 2.75) is 68.5 Å². The maximum absolute atomic E-state index is 13.2. The first kappa shape index (κ1) is 30.0. The van der Waals surface area contributed by atoms with Crippen LogP contribution in [0.25, 0.3) is 22.3 Å². The van der Waals surface area contributed by atoms with Crippen LogP contribution in [0, 0.1) is 0 Å². The van der Waals surface area contributed by atoms with Crippen LogP contribution in [0.5, 0.6) is 23.0 Å². The van der Waals surface area contributed by atoms with Crippen molar-refractivity contribution in [1.29, 1.82) is 0 Å². The predicted octanol–water partition coefficient (Wildman–Crippen LogP) is -0.370. The summed E-state index contributed by atoms with van der Waals surface area (Å²) in [6.07, 6.45) is -11.9. The van der Waals surface area contributed by atoms with Crippen LogP contribution in [0.4, 0.5) is 0 Å². The zero-order valence-electron chi connectivity index (χ0n) is 22.5. The molecule has 2 aliphatic heterocycles. The topological polar surface area (TPSA) is 229 Å². The standard InChI is InChI=1S/C28H32O14/c1-10-23(33)14(32)8-18(39-10)21-13(31)7-19-22(25(21)35)12(30)6-16(40-19)11-3-4-15(38-2)17(5-11)41-28-27(37)26(36)24(34)20(9-29)42-28/h3-7,10,14,18,20,23-24,26-29,31-37H,8-9H2,1-2H3/t10?,14-,18-,20?,23+,24-,26+,27?,28-/m1/s1. The lowest BCUT2D eigenvalue weighted by atomic mass is 9.92. The first-order valence-electron chi connectivity index (χ1n) is 13.1. The van der Waals surface area contributed by atoms with E-state index < -0.39 is 78.7 Å². The molecule has 5 rings (SSSR count). The summed E-state index contributed by atoms with van der Waals surface area (Å²) >= 11 is 0. The lowest BCUT2D eigenvalue weighted by Gasteiger charge is -2.39. The summed E-state index contributed by atoms with van der Waals surface area (Å²) < 4.78 is 28.0. The van der Waals surface area contributed by atoms with Crippen LogP contribution < -0.4 is 14.9 Å². The fraction of sp³-hybridized carbons (Fsp3) is 0.464. The van der Waals surface area contributed by atoms with Crippen LogP contribution in [0.3, 0.4) is 0 Å². The number of aliphatic hydroxyl groups excluding tert-OH is 6. The van der Waals surface area contributed by atoms with E-state index in [1.165, 1.54) is 32.2 Å². The van der Waals surface area contributed by atoms with E-state index in [2.05, 4.69) is 0 Å². The first-order chi connectivity index (χ1) is 19.9. The molecule has 42 heavy (non-hydrogen) atoms. The van der Waals surface area contributed by atoms with Gasteiger partial charge in [-0.1, -0.05) is 0 Å². The van der Waals surface area contributed by atoms with E-state index in [1.54, 1.807) is 0 Å². The SMILES string of the molecule is COc1ccc(-c2cc(=O)c3c(O)c([C@H]4C[C@@H](O)[C@@H](O)C(C)O4)c(O)cc3o2)cc1O[C@@H]1OC(CO)[C@@H](O)[C@H](O)C1O. The Hall–Kier alpha value is -3.47. The zero-order valence-corrected chi connectivity index (χ0v) is 22.5. The van der Waals surface area contributed by atoms with Crippen molar-refractivity contribution in [2.75, 3.05) is 13.7 Å². The quantitative estimate of drug-likeness (QED) is 0.183. The van der Waals surface area contributed by atoms with E-state index in [9.17, 15) is 45.6 Å². The maximum atomic E-state index is 13.2. The van der Waals surface area contributed by atoms with Gasteiger partial charge in [-0.3, -0.25) is 4.79 Å². The van der Waals surface area contributed by atoms with Crippen LogP contribution in [-0.2, 0) is 9.47 Å². The predicted molar refractivity (Wildman–Crippen MR) is 142 cm³/mol. The number of rotatable bonds is 6. The van der Waals surface area contributed by atoms with Crippen molar-refractivity contribution in [2.24, 2.45) is 0 Å². The Morgan fingerprint density at radius 1 is 0.929 bits per heavy atom. The molecule has 2 fully saturated rings. The molecule has 2 aromatic carbocycles. The molecule has 8 N–H and O–H groups in total. The molecule has 3 aromatic rings. The Kier molecular flexibility index (Phi) is 8.33. The zero-order chi connectivity index (χ0) is 30.5. The average molecular weight is 593 g/mol. The second-order valence-corrected chi connectivity index (χ2v) is 10.3. The Bertz CT molecular complexity index is 1490. The van der Waals surface area contributed by atoms with Gasteiger partial charge in [0.1, 0.15) is 58.7 Å². The Morgan fingerprint density at radius 2 is 1.67 bits per heavy atom. The molecule has 0 radical (unpaired) electrons. The van der Waals surface area contributed by atoms with E-state index in [4.69, 9.17) is 23.4 Å². The maximum Gasteiger partial charge on any atom is 0.229 e. The molecule has 0 saturated carbocycles. The number of aliphatic hydroxyl groups is 6. The summed E-state index contributed by atoms with van der Waals surface area (Å²) in [6, 6.07) is 6.63. The molecular formula is C28H32O14. The number of phenols is 2. The van der Waals surface area contributed by atoms with Gasteiger partial charge in [-0.25, -0.2) is 0 Å². The highest BCUT2D eigenvalue weighted by Crippen LogP contribution is 2.45. The van der Waals surface area contributed by atoms with Crippen LogP contribution in [0.2, 0.25) is 0 Å². The molecule has 0 spiro atoms. The molecule has 0 bridgehead atoms. The number of hydrogen-bond acceptors (Lipinski definition) is 14. The van der Waals surface area contributed by atoms with Gasteiger partial charge in [0.2, 0.25) is 6.29 Å². The fourth-order valence-electron chi connectivity index (χ4n) is 5.23. The number of methoxy groups -OCH3 is 1. The average Bonchev–Trinajstić information content (AvgIpc) is 2.95. The van der Waals surface area contributed by atoms with Crippen LogP contribution in [0.15, 0.2) is 39.5 Å². The highest BCUT2D eigenvalue weighted by atomic mass is 16.7. The van der Waals surface area contributed by atoms with Gasteiger partial charge < -0.3 is 64.2 Å². The highest BCUT2D eigenvalue weighted by Gasteiger charge is 2.45. The molecule has 3 unspecified atom stereocenters. The van der Waals surface area contributed by atoms with Gasteiger partial charge in [-0.05, 0) is 25.1 Å². The van der Waals surface area contributed by atoms with E-state index in [1.807, 2.05) is 0 Å². The largest absolute Gasteiger partial charge is 0.507 e. The van der Waals surface area contributed by atoms with Gasteiger partial charge in [-0.2, -0.15) is 0 Å². The van der Waals surface area contributed by atoms with E-state index >= 15 is 0 Å². The monoisotopic (exact) mass is 592 g/mol. The third kappa shape index (κ3) is 5.27. The van der Waals surface area contributed by atoms with Gasteiger partial charge in [0, 0.05) is 24.1 Å². The lowest BCUT2D eigenvalue weighted by Crippen LogP contribution is -2.60. The van der Waals surface area contributed by atoms with E-state index in [0.29, 0.717) is 0 Å². The molecule has 2 saturated heterocycles. The molecule has 0 aliphatic carbocycles. The van der Waals surface area contributed by atoms with Gasteiger partial charge in [-0.15, -0.1) is 0 Å². The minimum Gasteiger partial charge on any atom is -0.507 e. The third-order valence-electron chi connectivity index (χ3n) is 7.58. The summed E-state index contributed by atoms with van der Waals surface area (Å²) in [7, 11) is 1.35. The van der Waals surface area contributed by atoms with Gasteiger partial charge >= 0.3 is 0 Å². The number of phenolic OH excluding ortho intramolecular Hbond substituents is 2. The normalized spacial score (nSPS) is 31.7. The molecule has 14 heteroatoms. The number of hydrogen-bond donors (Lipinski definition) is 8. The molecule has 1 aromatic heterocycles. The molecule has 2 aliphatic rings. The summed E-state index contributed by atoms with van der Waals surface area (Å²) in [5.74, 6) is -0.878. The first-order valence-corrected chi connectivity index (χ1v) is 13.1. The molecule has 3 heterocycles. The Morgan fingerprint density at radius 3 is 2.33 bits per heavy atom. The molecule has 9 atom stereocenters. The van der Waals surface area contributed by atoms with Gasteiger partial charge in [0.25, 0.3) is 0 Å². The van der Waals surface area contributed by atoms with E-state index in [0.717, 1.165) is 12.1 Å². The number of aromatic hydroxyl groups is 2. The van der Waals surface area contributed by atoms with Crippen molar-refractivity contribution in [1.82, 2.24) is 0 Å². The fourth-order valence-corrected chi connectivity index (χ4v) is 5.23. The summed E-state index contributed by atoms with van der Waals surface area (Å²) in [6.45, 7) is 0.875. The molecule has 14 nitrogen and oxygen atoms in total. The van der Waals surface area contributed by atoms with Crippen molar-refractivity contribution in [3.05, 3.63) is 46.1 Å². The summed E-state index contributed by atoms with van der Waals surface area (Å²) in [5.41, 5.74) is -0.673. The van der Waals surface area contributed by atoms with Crippen LogP contribution in [0.1, 0.15) is 25.0 Å². The summed E-state index contributed by atoms with van der Waals surface area (Å²) in [5, 5.41) is 81.6. The third-order valence-corrected chi connectivity index (χ3v) is 7.58. The molecular weight excluding hydrogens is 560 g/mol. The minimum atomic E-state index is -1.68. The highest BCUT2D eigenvalue weighted by molar-refractivity contribution is 5.88. The molecule has 228 valence electrons. The van der Waals surface area contributed by atoms with Crippen LogP contribution >= 0.6 is 0 Å². The summed E-state index contributed by atoms with van der Waals surface area (Å²) in [4.78, 5) is 13.2. The number of ether oxygens (including phenoxy) is 4. The van der Waals surface area contributed by atoms with Crippen molar-refractivity contribution >= 4 is 11.0 Å². The van der Waals surface area contributed by atoms with Crippen molar-refractivity contribution in [3.63, 3.8) is 0 Å². The number of fused-ring (bicyclic) bond motifs is 1. The van der Waals surface area contributed by atoms with Gasteiger partial charge in [0.15, 0.2) is 16.9 Å². The second kappa shape index (κ2) is 11.7. The van der Waals surface area contributed by atoms with Crippen LogP contribution in [-0.4, -0.2) is 104 Å². The Balaban J connectivity index is 1.51. The second-order valence-electron chi connectivity index (χ2n) is 10.3. The minimum absolute atomic E-state index is 0.00133.